The maximum absolute atomic E-state index is 12.1. The topological polar surface area (TPSA) is 63.2 Å². The molecule has 1 saturated carbocycles. The molecule has 2 aromatic rings. The molecule has 3 rings (SSSR count). The number of benzene rings is 1. The Kier molecular flexibility index (Phi) is 6.58. The molecule has 1 aliphatic rings. The van der Waals surface area contributed by atoms with E-state index in [4.69, 9.17) is 27.9 Å². The number of aromatic nitrogens is 1. The lowest BCUT2D eigenvalue weighted by molar-refractivity contribution is 0.135. The zero-order valence-corrected chi connectivity index (χ0v) is 15.8. The normalized spacial score (nSPS) is 19.6. The molecule has 26 heavy (non-hydrogen) atoms. The van der Waals surface area contributed by atoms with Crippen LogP contribution in [0.2, 0.25) is 10.0 Å². The molecule has 138 valence electrons. The maximum atomic E-state index is 12.1. The van der Waals surface area contributed by atoms with Crippen LogP contribution in [0.1, 0.15) is 31.2 Å². The second-order valence-corrected chi connectivity index (χ2v) is 7.23. The van der Waals surface area contributed by atoms with Gasteiger partial charge in [-0.3, -0.25) is 0 Å². The third-order valence-electron chi connectivity index (χ3n) is 4.36. The standard InChI is InChI=1S/C19H21Cl2N3O2/c20-14-3-1-13(2-4-14)11-23-19(25)24-16-6-8-17(9-7-16)26-18-10-5-15(21)12-22-18/h1-5,10,12,16-17H,6-9,11H2,(H2,23,24,25). The highest BCUT2D eigenvalue weighted by Crippen LogP contribution is 2.23. The predicted octanol–water partition coefficient (Wildman–Crippen LogP) is 4.58. The summed E-state index contributed by atoms with van der Waals surface area (Å²) in [4.78, 5) is 16.2. The van der Waals surface area contributed by atoms with Crippen LogP contribution in [0.15, 0.2) is 42.6 Å². The van der Waals surface area contributed by atoms with Gasteiger partial charge in [0.15, 0.2) is 0 Å². The predicted molar refractivity (Wildman–Crippen MR) is 103 cm³/mol. The van der Waals surface area contributed by atoms with Gasteiger partial charge < -0.3 is 15.4 Å². The Morgan fingerprint density at radius 3 is 2.38 bits per heavy atom. The Morgan fingerprint density at radius 2 is 1.73 bits per heavy atom. The zero-order valence-electron chi connectivity index (χ0n) is 14.3. The largest absolute Gasteiger partial charge is 0.474 e. The van der Waals surface area contributed by atoms with Crippen molar-refractivity contribution >= 4 is 29.2 Å². The van der Waals surface area contributed by atoms with Crippen LogP contribution in [0, 0.1) is 0 Å². The van der Waals surface area contributed by atoms with E-state index in [9.17, 15) is 4.79 Å². The number of carbonyl (C=O) groups excluding carboxylic acids is 1. The number of hydrogen-bond acceptors (Lipinski definition) is 3. The Morgan fingerprint density at radius 1 is 1.04 bits per heavy atom. The highest BCUT2D eigenvalue weighted by molar-refractivity contribution is 6.30. The van der Waals surface area contributed by atoms with Crippen molar-refractivity contribution in [2.45, 2.75) is 44.4 Å². The number of pyridine rings is 1. The highest BCUT2D eigenvalue weighted by Gasteiger charge is 2.23. The smallest absolute Gasteiger partial charge is 0.315 e. The first kappa shape index (κ1) is 18.8. The van der Waals surface area contributed by atoms with Crippen LogP contribution in [-0.4, -0.2) is 23.2 Å². The van der Waals surface area contributed by atoms with Crippen LogP contribution in [0.5, 0.6) is 5.88 Å². The van der Waals surface area contributed by atoms with Gasteiger partial charge in [0.2, 0.25) is 5.88 Å². The van der Waals surface area contributed by atoms with Gasteiger partial charge in [-0.05, 0) is 49.4 Å². The summed E-state index contributed by atoms with van der Waals surface area (Å²) in [5.74, 6) is 0.589. The summed E-state index contributed by atoms with van der Waals surface area (Å²) in [5.41, 5.74) is 1.01. The number of ether oxygens (including phenoxy) is 1. The lowest BCUT2D eigenvalue weighted by Gasteiger charge is -2.29. The fraction of sp³-hybridized carbons (Fsp3) is 0.368. The maximum Gasteiger partial charge on any atom is 0.315 e. The second-order valence-electron chi connectivity index (χ2n) is 6.36. The number of nitrogens with one attached hydrogen (secondary N) is 2. The minimum Gasteiger partial charge on any atom is -0.474 e. The number of amides is 2. The fourth-order valence-electron chi connectivity index (χ4n) is 2.95. The molecule has 0 radical (unpaired) electrons. The van der Waals surface area contributed by atoms with E-state index < -0.39 is 0 Å². The number of halogens is 2. The van der Waals surface area contributed by atoms with Crippen molar-refractivity contribution in [3.05, 3.63) is 58.2 Å². The molecule has 1 aromatic heterocycles. The second kappa shape index (κ2) is 9.10. The Bertz CT molecular complexity index is 715. The SMILES string of the molecule is O=C(NCc1ccc(Cl)cc1)NC1CCC(Oc2ccc(Cl)cn2)CC1. The van der Waals surface area contributed by atoms with Gasteiger partial charge in [-0.25, -0.2) is 9.78 Å². The van der Waals surface area contributed by atoms with Crippen LogP contribution < -0.4 is 15.4 Å². The molecule has 1 fully saturated rings. The molecule has 1 aromatic carbocycles. The van der Waals surface area contributed by atoms with Gasteiger partial charge in [0, 0.05) is 29.9 Å². The van der Waals surface area contributed by atoms with Crippen molar-refractivity contribution in [3.8, 4) is 5.88 Å². The summed E-state index contributed by atoms with van der Waals surface area (Å²) < 4.78 is 5.87. The van der Waals surface area contributed by atoms with Gasteiger partial charge in [0.25, 0.3) is 0 Å². The van der Waals surface area contributed by atoms with E-state index in [1.165, 1.54) is 0 Å². The van der Waals surface area contributed by atoms with Gasteiger partial charge in [-0.15, -0.1) is 0 Å². The van der Waals surface area contributed by atoms with Crippen molar-refractivity contribution in [1.82, 2.24) is 15.6 Å². The van der Waals surface area contributed by atoms with E-state index in [2.05, 4.69) is 15.6 Å². The Balaban J connectivity index is 1.37. The zero-order chi connectivity index (χ0) is 18.4. The third kappa shape index (κ3) is 5.78. The van der Waals surface area contributed by atoms with Gasteiger partial charge in [-0.1, -0.05) is 35.3 Å². The summed E-state index contributed by atoms with van der Waals surface area (Å²) in [6.07, 6.45) is 5.23. The minimum atomic E-state index is -0.149. The Hall–Kier alpha value is -1.98. The van der Waals surface area contributed by atoms with Crippen molar-refractivity contribution in [2.75, 3.05) is 0 Å². The average Bonchev–Trinajstić information content (AvgIpc) is 2.65. The molecule has 7 heteroatoms. The number of hydrogen-bond donors (Lipinski definition) is 2. The summed E-state index contributed by atoms with van der Waals surface area (Å²) in [6.45, 7) is 0.476. The number of nitrogens with zero attached hydrogens (tertiary/aromatic N) is 1. The van der Waals surface area contributed by atoms with Gasteiger partial charge in [0.05, 0.1) is 5.02 Å². The molecule has 0 saturated heterocycles. The first-order chi connectivity index (χ1) is 12.6. The number of rotatable bonds is 5. The van der Waals surface area contributed by atoms with Crippen LogP contribution in [0.25, 0.3) is 0 Å². The quantitative estimate of drug-likeness (QED) is 0.781. The van der Waals surface area contributed by atoms with Crippen LogP contribution in [-0.2, 0) is 6.54 Å². The number of carbonyl (C=O) groups is 1. The van der Waals surface area contributed by atoms with Crippen molar-refractivity contribution < 1.29 is 9.53 Å². The van der Waals surface area contributed by atoms with Gasteiger partial charge in [0.1, 0.15) is 6.10 Å². The summed E-state index contributed by atoms with van der Waals surface area (Å²) in [7, 11) is 0. The van der Waals surface area contributed by atoms with E-state index in [1.54, 1.807) is 18.3 Å². The van der Waals surface area contributed by atoms with Crippen LogP contribution >= 0.6 is 23.2 Å². The van der Waals surface area contributed by atoms with Crippen molar-refractivity contribution in [1.29, 1.82) is 0 Å². The number of urea groups is 1. The third-order valence-corrected chi connectivity index (χ3v) is 4.84. The van der Waals surface area contributed by atoms with E-state index >= 15 is 0 Å². The first-order valence-corrected chi connectivity index (χ1v) is 9.41. The molecule has 1 aliphatic carbocycles. The van der Waals surface area contributed by atoms with E-state index in [0.717, 1.165) is 31.2 Å². The van der Waals surface area contributed by atoms with E-state index in [1.807, 2.05) is 24.3 Å². The molecule has 0 bridgehead atoms. The fourth-order valence-corrected chi connectivity index (χ4v) is 3.19. The molecule has 0 spiro atoms. The molecule has 2 amide bonds. The molecule has 5 nitrogen and oxygen atoms in total. The molecule has 0 atom stereocenters. The molecular weight excluding hydrogens is 373 g/mol. The van der Waals surface area contributed by atoms with Crippen LogP contribution in [0.4, 0.5) is 4.79 Å². The van der Waals surface area contributed by atoms with Crippen molar-refractivity contribution in [2.24, 2.45) is 0 Å². The lowest BCUT2D eigenvalue weighted by Crippen LogP contribution is -2.44. The summed E-state index contributed by atoms with van der Waals surface area (Å²) >= 11 is 11.7. The minimum absolute atomic E-state index is 0.124. The average molecular weight is 394 g/mol. The summed E-state index contributed by atoms with van der Waals surface area (Å²) in [5, 5.41) is 7.18. The molecule has 0 unspecified atom stereocenters. The van der Waals surface area contributed by atoms with Gasteiger partial charge >= 0.3 is 6.03 Å². The van der Waals surface area contributed by atoms with E-state index in [0.29, 0.717) is 22.5 Å². The Labute approximate surface area is 163 Å². The van der Waals surface area contributed by atoms with Crippen LogP contribution in [0.3, 0.4) is 0 Å². The molecule has 1 heterocycles. The van der Waals surface area contributed by atoms with Crippen molar-refractivity contribution in [3.63, 3.8) is 0 Å². The molecular formula is C19H21Cl2N3O2. The van der Waals surface area contributed by atoms with Gasteiger partial charge in [-0.2, -0.15) is 0 Å². The molecule has 2 N–H and O–H groups in total. The monoisotopic (exact) mass is 393 g/mol. The highest BCUT2D eigenvalue weighted by atomic mass is 35.5. The molecule has 0 aliphatic heterocycles. The summed E-state index contributed by atoms with van der Waals surface area (Å²) in [6, 6.07) is 11.0. The lowest BCUT2D eigenvalue weighted by atomic mass is 9.93. The first-order valence-electron chi connectivity index (χ1n) is 8.65. The van der Waals surface area contributed by atoms with E-state index in [-0.39, 0.29) is 18.2 Å².